The molecule has 0 radical (unpaired) electrons. The van der Waals surface area contributed by atoms with Gasteiger partial charge in [-0.1, -0.05) is 30.3 Å². The highest BCUT2D eigenvalue weighted by Crippen LogP contribution is 2.10. The van der Waals surface area contributed by atoms with Crippen molar-refractivity contribution < 1.29 is 9.53 Å². The Morgan fingerprint density at radius 2 is 1.78 bits per heavy atom. The molecule has 27 heavy (non-hydrogen) atoms. The quantitative estimate of drug-likeness (QED) is 0.361. The zero-order chi connectivity index (χ0) is 19.3. The van der Waals surface area contributed by atoms with Crippen LogP contribution in [0.3, 0.4) is 0 Å². The van der Waals surface area contributed by atoms with Gasteiger partial charge in [-0.2, -0.15) is 0 Å². The number of nitrogens with zero attached hydrogens (tertiary/aromatic N) is 1. The minimum Gasteiger partial charge on any atom is -0.492 e. The number of para-hydroxylation sites is 1. The second kappa shape index (κ2) is 11.6. The Bertz CT molecular complexity index is 715. The van der Waals surface area contributed by atoms with Gasteiger partial charge in [0.05, 0.1) is 6.54 Å². The Labute approximate surface area is 161 Å². The van der Waals surface area contributed by atoms with Gasteiger partial charge in [-0.05, 0) is 43.2 Å². The number of benzene rings is 2. The minimum atomic E-state index is -0.0649. The summed E-state index contributed by atoms with van der Waals surface area (Å²) in [6.45, 7) is 6.26. The van der Waals surface area contributed by atoms with Crippen molar-refractivity contribution in [2.75, 3.05) is 31.6 Å². The lowest BCUT2D eigenvalue weighted by Crippen LogP contribution is -2.39. The van der Waals surface area contributed by atoms with Crippen molar-refractivity contribution in [2.45, 2.75) is 20.3 Å². The lowest BCUT2D eigenvalue weighted by Gasteiger charge is -2.12. The number of guanidine groups is 1. The zero-order valence-corrected chi connectivity index (χ0v) is 16.0. The van der Waals surface area contributed by atoms with Crippen LogP contribution in [0.25, 0.3) is 0 Å². The number of anilines is 1. The molecule has 2 rings (SSSR count). The standard InChI is InChI=1S/C21H28N4O2/c1-3-22-21(24-15-16-27-20-7-5-4-6-8-20)23-14-13-18-9-11-19(12-10-18)25-17(2)26/h4-12H,3,13-16H2,1-2H3,(H,25,26)(H2,22,23,24). The molecule has 0 saturated carbocycles. The molecule has 0 atom stereocenters. The van der Waals surface area contributed by atoms with E-state index in [9.17, 15) is 4.79 Å². The summed E-state index contributed by atoms with van der Waals surface area (Å²) in [4.78, 5) is 15.6. The van der Waals surface area contributed by atoms with Gasteiger partial charge in [-0.3, -0.25) is 9.79 Å². The second-order valence-electron chi connectivity index (χ2n) is 5.98. The van der Waals surface area contributed by atoms with Gasteiger partial charge in [0.25, 0.3) is 0 Å². The topological polar surface area (TPSA) is 74.8 Å². The first-order valence-corrected chi connectivity index (χ1v) is 9.24. The van der Waals surface area contributed by atoms with Crippen LogP contribution in [-0.2, 0) is 11.2 Å². The molecule has 1 amide bonds. The van der Waals surface area contributed by atoms with E-state index in [1.54, 1.807) is 0 Å². The average Bonchev–Trinajstić information content (AvgIpc) is 2.67. The molecule has 0 unspecified atom stereocenters. The van der Waals surface area contributed by atoms with Gasteiger partial charge in [-0.15, -0.1) is 0 Å². The highest BCUT2D eigenvalue weighted by molar-refractivity contribution is 5.88. The van der Waals surface area contributed by atoms with E-state index in [1.807, 2.05) is 61.5 Å². The highest BCUT2D eigenvalue weighted by Gasteiger charge is 1.99. The normalized spacial score (nSPS) is 11.0. The van der Waals surface area contributed by atoms with Crippen LogP contribution < -0.4 is 20.7 Å². The molecule has 6 nitrogen and oxygen atoms in total. The molecule has 0 aliphatic heterocycles. The third-order valence-corrected chi connectivity index (χ3v) is 3.70. The maximum Gasteiger partial charge on any atom is 0.221 e. The molecule has 2 aromatic carbocycles. The molecule has 0 bridgehead atoms. The van der Waals surface area contributed by atoms with Crippen molar-refractivity contribution in [3.63, 3.8) is 0 Å². The van der Waals surface area contributed by atoms with Crippen LogP contribution in [0, 0.1) is 0 Å². The Hall–Kier alpha value is -3.02. The van der Waals surface area contributed by atoms with Gasteiger partial charge >= 0.3 is 0 Å². The van der Waals surface area contributed by atoms with Crippen LogP contribution >= 0.6 is 0 Å². The lowest BCUT2D eigenvalue weighted by molar-refractivity contribution is -0.114. The van der Waals surface area contributed by atoms with E-state index >= 15 is 0 Å². The average molecular weight is 368 g/mol. The lowest BCUT2D eigenvalue weighted by atomic mass is 10.1. The summed E-state index contributed by atoms with van der Waals surface area (Å²) in [5.41, 5.74) is 1.99. The first-order chi connectivity index (χ1) is 13.2. The first kappa shape index (κ1) is 20.3. The largest absolute Gasteiger partial charge is 0.492 e. The summed E-state index contributed by atoms with van der Waals surface area (Å²) in [5.74, 6) is 1.58. The highest BCUT2D eigenvalue weighted by atomic mass is 16.5. The van der Waals surface area contributed by atoms with Crippen molar-refractivity contribution >= 4 is 17.6 Å². The molecule has 3 N–H and O–H groups in total. The first-order valence-electron chi connectivity index (χ1n) is 9.24. The summed E-state index contributed by atoms with van der Waals surface area (Å²) in [6.07, 6.45) is 0.831. The Morgan fingerprint density at radius 1 is 1.04 bits per heavy atom. The summed E-state index contributed by atoms with van der Waals surface area (Å²) < 4.78 is 5.67. The van der Waals surface area contributed by atoms with Gasteiger partial charge in [-0.25, -0.2) is 0 Å². The summed E-state index contributed by atoms with van der Waals surface area (Å²) in [6, 6.07) is 17.6. The zero-order valence-electron chi connectivity index (χ0n) is 16.0. The smallest absolute Gasteiger partial charge is 0.221 e. The van der Waals surface area contributed by atoms with Crippen molar-refractivity contribution in [3.05, 3.63) is 60.2 Å². The van der Waals surface area contributed by atoms with E-state index in [1.165, 1.54) is 12.5 Å². The minimum absolute atomic E-state index is 0.0649. The molecule has 144 valence electrons. The fourth-order valence-corrected chi connectivity index (χ4v) is 2.45. The maximum atomic E-state index is 11.0. The van der Waals surface area contributed by atoms with Crippen LogP contribution in [0.4, 0.5) is 5.69 Å². The van der Waals surface area contributed by atoms with Crippen molar-refractivity contribution in [3.8, 4) is 5.75 Å². The van der Waals surface area contributed by atoms with Gasteiger partial charge < -0.3 is 20.7 Å². The predicted molar refractivity (Wildman–Crippen MR) is 110 cm³/mol. The second-order valence-corrected chi connectivity index (χ2v) is 5.98. The molecule has 0 fully saturated rings. The van der Waals surface area contributed by atoms with E-state index in [0.717, 1.165) is 30.4 Å². The van der Waals surface area contributed by atoms with Crippen LogP contribution in [0.1, 0.15) is 19.4 Å². The molecule has 0 aliphatic rings. The summed E-state index contributed by atoms with van der Waals surface area (Å²) in [7, 11) is 0. The van der Waals surface area contributed by atoms with Crippen molar-refractivity contribution in [2.24, 2.45) is 4.99 Å². The third-order valence-electron chi connectivity index (χ3n) is 3.70. The fraction of sp³-hybridized carbons (Fsp3) is 0.333. The number of hydrogen-bond donors (Lipinski definition) is 3. The van der Waals surface area contributed by atoms with E-state index in [4.69, 9.17) is 4.74 Å². The molecule has 2 aromatic rings. The van der Waals surface area contributed by atoms with Gasteiger partial charge in [0, 0.05) is 25.7 Å². The van der Waals surface area contributed by atoms with Crippen molar-refractivity contribution in [1.29, 1.82) is 0 Å². The maximum absolute atomic E-state index is 11.0. The van der Waals surface area contributed by atoms with Crippen molar-refractivity contribution in [1.82, 2.24) is 10.6 Å². The van der Waals surface area contributed by atoms with Crippen LogP contribution in [0.5, 0.6) is 5.75 Å². The van der Waals surface area contributed by atoms with Gasteiger partial charge in [0.15, 0.2) is 5.96 Å². The molecule has 0 aliphatic carbocycles. The number of nitrogens with one attached hydrogen (secondary N) is 3. The number of aliphatic imine (C=N–C) groups is 1. The molecule has 0 aromatic heterocycles. The van der Waals surface area contributed by atoms with Crippen LogP contribution in [0.15, 0.2) is 59.6 Å². The monoisotopic (exact) mass is 368 g/mol. The van der Waals surface area contributed by atoms with E-state index in [0.29, 0.717) is 19.7 Å². The van der Waals surface area contributed by atoms with E-state index < -0.39 is 0 Å². The Kier molecular flexibility index (Phi) is 8.69. The third kappa shape index (κ3) is 8.27. The van der Waals surface area contributed by atoms with E-state index in [2.05, 4.69) is 20.9 Å². The number of amides is 1. The fourth-order valence-electron chi connectivity index (χ4n) is 2.45. The molecule has 0 heterocycles. The van der Waals surface area contributed by atoms with Gasteiger partial charge in [0.1, 0.15) is 12.4 Å². The number of carbonyl (C=O) groups is 1. The summed E-state index contributed by atoms with van der Waals surface area (Å²) >= 11 is 0. The molecule has 6 heteroatoms. The molecular weight excluding hydrogens is 340 g/mol. The summed E-state index contributed by atoms with van der Waals surface area (Å²) in [5, 5.41) is 9.27. The molecule has 0 spiro atoms. The van der Waals surface area contributed by atoms with Crippen LogP contribution in [-0.4, -0.2) is 38.1 Å². The SMILES string of the molecule is CCNC(=NCCc1ccc(NC(C)=O)cc1)NCCOc1ccccc1. The molecular formula is C21H28N4O2. The number of hydrogen-bond acceptors (Lipinski definition) is 3. The Balaban J connectivity index is 1.74. The number of rotatable bonds is 9. The Morgan fingerprint density at radius 3 is 2.44 bits per heavy atom. The van der Waals surface area contributed by atoms with E-state index in [-0.39, 0.29) is 5.91 Å². The number of carbonyl (C=O) groups excluding carboxylic acids is 1. The number of ether oxygens (including phenoxy) is 1. The molecule has 0 saturated heterocycles. The van der Waals surface area contributed by atoms with Gasteiger partial charge in [0.2, 0.25) is 5.91 Å². The van der Waals surface area contributed by atoms with Crippen LogP contribution in [0.2, 0.25) is 0 Å². The predicted octanol–water partition coefficient (Wildman–Crippen LogP) is 2.82.